The Kier molecular flexibility index (Phi) is 7.69. The summed E-state index contributed by atoms with van der Waals surface area (Å²) in [4.78, 5) is 20.0. The van der Waals surface area contributed by atoms with E-state index in [0.29, 0.717) is 12.0 Å². The Morgan fingerprint density at radius 1 is 1.12 bits per heavy atom. The number of aromatic nitrogens is 1. The molecule has 2 unspecified atom stereocenters. The highest BCUT2D eigenvalue weighted by atomic mass is 16.5. The number of benzene rings is 1. The molecule has 2 fully saturated rings. The standard InChI is InChI=1S/C28H39N3O2/c1-28(2,3)27(32)30-26(25-15-6-7-16-29-25)22-11-9-17-31(20-22)19-21-10-8-14-24(18-21)33-23-12-4-5-13-23/h6-8,10,14-16,18,22-23,26H,4-5,9,11-13,17,19-20H2,1-3H3,(H,30,32). The van der Waals surface area contributed by atoms with Crippen molar-refractivity contribution in [3.63, 3.8) is 0 Å². The molecule has 5 nitrogen and oxygen atoms in total. The van der Waals surface area contributed by atoms with Gasteiger partial charge in [0.2, 0.25) is 5.91 Å². The fraction of sp³-hybridized carbons (Fsp3) is 0.571. The molecule has 1 aromatic heterocycles. The number of likely N-dealkylation sites (tertiary alicyclic amines) is 1. The molecule has 1 amide bonds. The highest BCUT2D eigenvalue weighted by Gasteiger charge is 2.33. The summed E-state index contributed by atoms with van der Waals surface area (Å²) < 4.78 is 6.22. The number of ether oxygens (including phenoxy) is 1. The molecule has 2 aromatic rings. The lowest BCUT2D eigenvalue weighted by Crippen LogP contribution is -2.45. The van der Waals surface area contributed by atoms with Crippen LogP contribution in [0.4, 0.5) is 0 Å². The molecule has 1 saturated heterocycles. The monoisotopic (exact) mass is 449 g/mol. The molecule has 1 aromatic carbocycles. The topological polar surface area (TPSA) is 54.5 Å². The van der Waals surface area contributed by atoms with Gasteiger partial charge in [0, 0.05) is 24.7 Å². The lowest BCUT2D eigenvalue weighted by molar-refractivity contribution is -0.130. The number of hydrogen-bond donors (Lipinski definition) is 1. The van der Waals surface area contributed by atoms with Gasteiger partial charge < -0.3 is 10.1 Å². The third-order valence-electron chi connectivity index (χ3n) is 6.90. The number of nitrogens with zero attached hydrogens (tertiary/aromatic N) is 2. The zero-order chi connectivity index (χ0) is 23.3. The van der Waals surface area contributed by atoms with Crippen LogP contribution >= 0.6 is 0 Å². The second kappa shape index (κ2) is 10.7. The van der Waals surface area contributed by atoms with E-state index in [-0.39, 0.29) is 11.9 Å². The molecular formula is C28H39N3O2. The van der Waals surface area contributed by atoms with Crippen molar-refractivity contribution < 1.29 is 9.53 Å². The Labute approximate surface area is 198 Å². The zero-order valence-electron chi connectivity index (χ0n) is 20.4. The normalized spacial score (nSPS) is 21.0. The highest BCUT2D eigenvalue weighted by molar-refractivity contribution is 5.81. The Bertz CT molecular complexity index is 903. The summed E-state index contributed by atoms with van der Waals surface area (Å²) in [6, 6.07) is 14.5. The molecule has 2 heterocycles. The summed E-state index contributed by atoms with van der Waals surface area (Å²) in [5, 5.41) is 3.33. The van der Waals surface area contributed by atoms with E-state index in [0.717, 1.165) is 43.9 Å². The van der Waals surface area contributed by atoms with Gasteiger partial charge in [-0.2, -0.15) is 0 Å². The number of hydrogen-bond acceptors (Lipinski definition) is 4. The van der Waals surface area contributed by atoms with Gasteiger partial charge in [-0.05, 0) is 80.8 Å². The van der Waals surface area contributed by atoms with Crippen LogP contribution in [-0.4, -0.2) is 35.0 Å². The predicted octanol–water partition coefficient (Wildman–Crippen LogP) is 5.52. The quantitative estimate of drug-likeness (QED) is 0.605. The van der Waals surface area contributed by atoms with Gasteiger partial charge in [-0.3, -0.25) is 14.7 Å². The largest absolute Gasteiger partial charge is 0.490 e. The van der Waals surface area contributed by atoms with E-state index >= 15 is 0 Å². The molecule has 1 N–H and O–H groups in total. The maximum atomic E-state index is 12.9. The smallest absolute Gasteiger partial charge is 0.225 e. The molecule has 0 spiro atoms. The maximum absolute atomic E-state index is 12.9. The van der Waals surface area contributed by atoms with Crippen LogP contribution in [0, 0.1) is 11.3 Å². The van der Waals surface area contributed by atoms with Crippen LogP contribution in [0.2, 0.25) is 0 Å². The van der Waals surface area contributed by atoms with Gasteiger partial charge in [0.05, 0.1) is 17.8 Å². The van der Waals surface area contributed by atoms with E-state index in [1.165, 1.54) is 31.2 Å². The maximum Gasteiger partial charge on any atom is 0.225 e. The average molecular weight is 450 g/mol. The van der Waals surface area contributed by atoms with Crippen molar-refractivity contribution >= 4 is 5.91 Å². The number of nitrogens with one attached hydrogen (secondary N) is 1. The van der Waals surface area contributed by atoms with Gasteiger partial charge in [-0.1, -0.05) is 39.0 Å². The van der Waals surface area contributed by atoms with Gasteiger partial charge in [0.1, 0.15) is 5.75 Å². The lowest BCUT2D eigenvalue weighted by atomic mass is 9.86. The fourth-order valence-corrected chi connectivity index (χ4v) is 5.03. The summed E-state index contributed by atoms with van der Waals surface area (Å²) in [7, 11) is 0. The molecule has 33 heavy (non-hydrogen) atoms. The number of piperidine rings is 1. The molecule has 0 radical (unpaired) electrons. The zero-order valence-corrected chi connectivity index (χ0v) is 20.4. The lowest BCUT2D eigenvalue weighted by Gasteiger charge is -2.38. The molecule has 178 valence electrons. The molecule has 2 aliphatic rings. The molecule has 4 rings (SSSR count). The number of carbonyl (C=O) groups is 1. The van der Waals surface area contributed by atoms with Crippen molar-refractivity contribution in [3.05, 3.63) is 59.9 Å². The van der Waals surface area contributed by atoms with Crippen molar-refractivity contribution in [2.45, 2.75) is 78.0 Å². The van der Waals surface area contributed by atoms with Crippen LogP contribution in [0.3, 0.4) is 0 Å². The average Bonchev–Trinajstić information content (AvgIpc) is 3.31. The van der Waals surface area contributed by atoms with Crippen LogP contribution in [-0.2, 0) is 11.3 Å². The Morgan fingerprint density at radius 3 is 2.67 bits per heavy atom. The first-order chi connectivity index (χ1) is 15.9. The van der Waals surface area contributed by atoms with E-state index in [4.69, 9.17) is 4.74 Å². The molecule has 1 aliphatic carbocycles. The fourth-order valence-electron chi connectivity index (χ4n) is 5.03. The van der Waals surface area contributed by atoms with Crippen molar-refractivity contribution in [1.82, 2.24) is 15.2 Å². The van der Waals surface area contributed by atoms with Crippen molar-refractivity contribution in [1.29, 1.82) is 0 Å². The highest BCUT2D eigenvalue weighted by Crippen LogP contribution is 2.31. The minimum Gasteiger partial charge on any atom is -0.490 e. The van der Waals surface area contributed by atoms with Gasteiger partial charge in [0.25, 0.3) is 0 Å². The minimum absolute atomic E-state index is 0.0715. The van der Waals surface area contributed by atoms with E-state index in [1.54, 1.807) is 0 Å². The van der Waals surface area contributed by atoms with Crippen molar-refractivity contribution in [2.24, 2.45) is 11.3 Å². The van der Waals surface area contributed by atoms with Crippen molar-refractivity contribution in [2.75, 3.05) is 13.1 Å². The van der Waals surface area contributed by atoms with Gasteiger partial charge in [0.15, 0.2) is 0 Å². The molecule has 2 atom stereocenters. The van der Waals surface area contributed by atoms with E-state index < -0.39 is 5.41 Å². The van der Waals surface area contributed by atoms with E-state index in [2.05, 4.69) is 39.5 Å². The summed E-state index contributed by atoms with van der Waals surface area (Å²) in [5.74, 6) is 1.40. The summed E-state index contributed by atoms with van der Waals surface area (Å²) >= 11 is 0. The summed E-state index contributed by atoms with van der Waals surface area (Å²) in [5.41, 5.74) is 1.81. The number of amides is 1. The number of rotatable bonds is 7. The Morgan fingerprint density at radius 2 is 1.94 bits per heavy atom. The SMILES string of the molecule is CC(C)(C)C(=O)NC(c1ccccn1)C1CCCN(Cc2cccc(OC3CCCC3)c2)C1. The molecular weight excluding hydrogens is 410 g/mol. The van der Waals surface area contributed by atoms with Gasteiger partial charge >= 0.3 is 0 Å². The molecule has 5 heteroatoms. The second-order valence-corrected chi connectivity index (χ2v) is 10.8. The third kappa shape index (κ3) is 6.57. The number of pyridine rings is 1. The third-order valence-corrected chi connectivity index (χ3v) is 6.90. The van der Waals surface area contributed by atoms with Crippen LogP contribution < -0.4 is 10.1 Å². The summed E-state index contributed by atoms with van der Waals surface area (Å²) in [6.45, 7) is 8.81. The van der Waals surface area contributed by atoms with Crippen LogP contribution in [0.1, 0.15) is 76.6 Å². The van der Waals surface area contributed by atoms with E-state index in [9.17, 15) is 4.79 Å². The second-order valence-electron chi connectivity index (χ2n) is 10.8. The van der Waals surface area contributed by atoms with Crippen LogP contribution in [0.15, 0.2) is 48.7 Å². The van der Waals surface area contributed by atoms with Crippen molar-refractivity contribution in [3.8, 4) is 5.75 Å². The first kappa shape index (κ1) is 23.7. The minimum atomic E-state index is -0.429. The van der Waals surface area contributed by atoms with Crippen LogP contribution in [0.5, 0.6) is 5.75 Å². The van der Waals surface area contributed by atoms with Gasteiger partial charge in [-0.15, -0.1) is 0 Å². The van der Waals surface area contributed by atoms with Crippen LogP contribution in [0.25, 0.3) is 0 Å². The Hall–Kier alpha value is -2.40. The van der Waals surface area contributed by atoms with E-state index in [1.807, 2.05) is 45.2 Å². The molecule has 1 saturated carbocycles. The number of carbonyl (C=O) groups excluding carboxylic acids is 1. The molecule has 1 aliphatic heterocycles. The first-order valence-electron chi connectivity index (χ1n) is 12.6. The first-order valence-corrected chi connectivity index (χ1v) is 12.6. The molecule has 0 bridgehead atoms. The van der Waals surface area contributed by atoms with Gasteiger partial charge in [-0.25, -0.2) is 0 Å². The predicted molar refractivity (Wildman–Crippen MR) is 132 cm³/mol. The Balaban J connectivity index is 1.44. The summed E-state index contributed by atoms with van der Waals surface area (Å²) in [6.07, 6.45) is 9.32.